The summed E-state index contributed by atoms with van der Waals surface area (Å²) in [5, 5.41) is 0.372. The first kappa shape index (κ1) is 20.9. The van der Waals surface area contributed by atoms with Crippen LogP contribution in [0.5, 0.6) is 11.5 Å². The van der Waals surface area contributed by atoms with Crippen molar-refractivity contribution in [2.75, 3.05) is 26.3 Å². The fourth-order valence-electron chi connectivity index (χ4n) is 3.43. The summed E-state index contributed by atoms with van der Waals surface area (Å²) in [5.74, 6) is 0.299. The summed E-state index contributed by atoms with van der Waals surface area (Å²) in [6.07, 6.45) is 2.36. The molecule has 0 radical (unpaired) electrons. The first-order valence-electron chi connectivity index (χ1n) is 9.60. The number of nitrogens with zero attached hydrogens (tertiary/aromatic N) is 2. The molecular formula is C20H21ClN2O6S. The third-order valence-electron chi connectivity index (χ3n) is 5.11. The average Bonchev–Trinajstić information content (AvgIpc) is 2.78. The Hall–Kier alpha value is -2.36. The van der Waals surface area contributed by atoms with Crippen molar-refractivity contribution in [2.24, 2.45) is 5.92 Å². The van der Waals surface area contributed by atoms with Crippen molar-refractivity contribution in [1.82, 2.24) is 9.29 Å². The van der Waals surface area contributed by atoms with Crippen LogP contribution in [-0.2, 0) is 26.2 Å². The number of carbonyl (C=O) groups excluding carboxylic acids is 1. The van der Waals surface area contributed by atoms with Crippen molar-refractivity contribution in [1.29, 1.82) is 0 Å². The van der Waals surface area contributed by atoms with Gasteiger partial charge in [-0.3, -0.25) is 4.79 Å². The third-order valence-corrected chi connectivity index (χ3v) is 7.23. The first-order chi connectivity index (χ1) is 14.4. The van der Waals surface area contributed by atoms with E-state index in [4.69, 9.17) is 25.8 Å². The lowest BCUT2D eigenvalue weighted by Crippen LogP contribution is -2.40. The van der Waals surface area contributed by atoms with Crippen LogP contribution in [0.3, 0.4) is 0 Å². The molecule has 1 aromatic carbocycles. The van der Waals surface area contributed by atoms with E-state index in [2.05, 4.69) is 4.98 Å². The van der Waals surface area contributed by atoms with Crippen molar-refractivity contribution in [3.8, 4) is 11.5 Å². The first-order valence-corrected chi connectivity index (χ1v) is 11.4. The average molecular weight is 453 g/mol. The molecule has 160 valence electrons. The molecule has 0 unspecified atom stereocenters. The fraction of sp³-hybridized carbons (Fsp3) is 0.400. The van der Waals surface area contributed by atoms with Gasteiger partial charge in [0.1, 0.15) is 25.0 Å². The Labute approximate surface area is 179 Å². The molecule has 1 aromatic heterocycles. The van der Waals surface area contributed by atoms with Gasteiger partial charge in [-0.05, 0) is 31.0 Å². The SMILES string of the molecule is O=C(OCc1ccc(Cl)nc1)C1CCN(S(=O)(=O)c2ccc3c(c2)OCCO3)CC1. The molecule has 0 spiro atoms. The molecule has 0 aliphatic carbocycles. The summed E-state index contributed by atoms with van der Waals surface area (Å²) in [5.41, 5.74) is 0.742. The zero-order valence-electron chi connectivity index (χ0n) is 16.1. The number of pyridine rings is 1. The van der Waals surface area contributed by atoms with E-state index in [1.54, 1.807) is 24.4 Å². The summed E-state index contributed by atoms with van der Waals surface area (Å²) < 4.78 is 43.6. The number of aromatic nitrogens is 1. The summed E-state index contributed by atoms with van der Waals surface area (Å²) in [4.78, 5) is 16.5. The normalized spacial score (nSPS) is 17.5. The number of rotatable bonds is 5. The van der Waals surface area contributed by atoms with E-state index in [1.807, 2.05) is 0 Å². The molecule has 0 atom stereocenters. The molecule has 0 saturated carbocycles. The lowest BCUT2D eigenvalue weighted by molar-refractivity contribution is -0.151. The van der Waals surface area contributed by atoms with E-state index in [-0.39, 0.29) is 36.5 Å². The largest absolute Gasteiger partial charge is 0.486 e. The fourth-order valence-corrected chi connectivity index (χ4v) is 5.03. The Morgan fingerprint density at radius 3 is 2.57 bits per heavy atom. The molecule has 4 rings (SSSR count). The number of fused-ring (bicyclic) bond motifs is 1. The Morgan fingerprint density at radius 2 is 1.87 bits per heavy atom. The molecule has 10 heteroatoms. The van der Waals surface area contributed by atoms with Gasteiger partial charge in [0.05, 0.1) is 10.8 Å². The number of hydrogen-bond acceptors (Lipinski definition) is 7. The number of sulfonamides is 1. The molecule has 3 heterocycles. The van der Waals surface area contributed by atoms with Crippen molar-refractivity contribution < 1.29 is 27.4 Å². The molecule has 0 bridgehead atoms. The minimum atomic E-state index is -3.68. The predicted octanol–water partition coefficient (Wildman–Crippen LogP) is 2.65. The van der Waals surface area contributed by atoms with Gasteiger partial charge in [0.2, 0.25) is 10.0 Å². The number of benzene rings is 1. The minimum absolute atomic E-state index is 0.110. The van der Waals surface area contributed by atoms with Crippen LogP contribution in [0.1, 0.15) is 18.4 Å². The molecule has 0 N–H and O–H groups in total. The second-order valence-corrected chi connectivity index (χ2v) is 9.41. The van der Waals surface area contributed by atoms with Gasteiger partial charge >= 0.3 is 5.97 Å². The van der Waals surface area contributed by atoms with Gasteiger partial charge in [-0.15, -0.1) is 0 Å². The molecule has 8 nitrogen and oxygen atoms in total. The van der Waals surface area contributed by atoms with Crippen LogP contribution in [0.25, 0.3) is 0 Å². The van der Waals surface area contributed by atoms with E-state index in [1.165, 1.54) is 16.4 Å². The maximum Gasteiger partial charge on any atom is 0.309 e. The summed E-state index contributed by atoms with van der Waals surface area (Å²) in [6.45, 7) is 1.43. The molecule has 1 saturated heterocycles. The highest BCUT2D eigenvalue weighted by atomic mass is 35.5. The van der Waals surface area contributed by atoms with Crippen LogP contribution < -0.4 is 9.47 Å². The number of piperidine rings is 1. The second-order valence-electron chi connectivity index (χ2n) is 7.08. The van der Waals surface area contributed by atoms with E-state index in [0.29, 0.717) is 42.7 Å². The standard InChI is InChI=1S/C20H21ClN2O6S/c21-19-4-1-14(12-22-19)13-29-20(24)15-5-7-23(8-6-15)30(25,26)16-2-3-17-18(11-16)28-10-9-27-17/h1-4,11-12,15H,5-10,13H2. The van der Waals surface area contributed by atoms with Crippen LogP contribution in [0, 0.1) is 5.92 Å². The van der Waals surface area contributed by atoms with Gasteiger partial charge in [0, 0.05) is 30.9 Å². The van der Waals surface area contributed by atoms with Gasteiger partial charge < -0.3 is 14.2 Å². The van der Waals surface area contributed by atoms with Crippen LogP contribution in [0.4, 0.5) is 0 Å². The van der Waals surface area contributed by atoms with E-state index < -0.39 is 10.0 Å². The van der Waals surface area contributed by atoms with Crippen molar-refractivity contribution in [2.45, 2.75) is 24.3 Å². The molecule has 2 aromatic rings. The zero-order chi connectivity index (χ0) is 21.1. The number of esters is 1. The number of halogens is 1. The topological polar surface area (TPSA) is 95.0 Å². The summed E-state index contributed by atoms with van der Waals surface area (Å²) >= 11 is 5.74. The van der Waals surface area contributed by atoms with E-state index >= 15 is 0 Å². The molecule has 1 fully saturated rings. The predicted molar refractivity (Wildman–Crippen MR) is 108 cm³/mol. The third kappa shape index (κ3) is 4.53. The Balaban J connectivity index is 1.34. The van der Waals surface area contributed by atoms with Crippen molar-refractivity contribution >= 4 is 27.6 Å². The summed E-state index contributed by atoms with van der Waals surface area (Å²) in [6, 6.07) is 7.99. The lowest BCUT2D eigenvalue weighted by atomic mass is 9.98. The monoisotopic (exact) mass is 452 g/mol. The number of hydrogen-bond donors (Lipinski definition) is 0. The van der Waals surface area contributed by atoms with Crippen LogP contribution in [-0.4, -0.2) is 50.0 Å². The molecular weight excluding hydrogens is 432 g/mol. The van der Waals surface area contributed by atoms with Crippen LogP contribution >= 0.6 is 11.6 Å². The molecule has 0 amide bonds. The van der Waals surface area contributed by atoms with Gasteiger partial charge in [-0.1, -0.05) is 17.7 Å². The van der Waals surface area contributed by atoms with Crippen LogP contribution in [0.15, 0.2) is 41.4 Å². The van der Waals surface area contributed by atoms with Gasteiger partial charge in [-0.25, -0.2) is 13.4 Å². The number of carbonyl (C=O) groups is 1. The highest BCUT2D eigenvalue weighted by Gasteiger charge is 2.33. The van der Waals surface area contributed by atoms with Gasteiger partial charge in [-0.2, -0.15) is 4.31 Å². The Bertz CT molecular complexity index is 1020. The highest BCUT2D eigenvalue weighted by molar-refractivity contribution is 7.89. The van der Waals surface area contributed by atoms with Gasteiger partial charge in [0.15, 0.2) is 11.5 Å². The smallest absolute Gasteiger partial charge is 0.309 e. The van der Waals surface area contributed by atoms with E-state index in [9.17, 15) is 13.2 Å². The van der Waals surface area contributed by atoms with Gasteiger partial charge in [0.25, 0.3) is 0 Å². The Kier molecular flexibility index (Phi) is 6.12. The number of ether oxygens (including phenoxy) is 3. The molecule has 2 aliphatic heterocycles. The summed E-state index contributed by atoms with van der Waals surface area (Å²) in [7, 11) is -3.68. The molecule has 2 aliphatic rings. The maximum absolute atomic E-state index is 13.0. The van der Waals surface area contributed by atoms with Crippen LogP contribution in [0.2, 0.25) is 5.15 Å². The highest BCUT2D eigenvalue weighted by Crippen LogP contribution is 2.34. The lowest BCUT2D eigenvalue weighted by Gasteiger charge is -2.30. The van der Waals surface area contributed by atoms with Crippen molar-refractivity contribution in [3.63, 3.8) is 0 Å². The quantitative estimate of drug-likeness (QED) is 0.508. The minimum Gasteiger partial charge on any atom is -0.486 e. The Morgan fingerprint density at radius 1 is 1.13 bits per heavy atom. The maximum atomic E-state index is 13.0. The van der Waals surface area contributed by atoms with Crippen molar-refractivity contribution in [3.05, 3.63) is 47.2 Å². The second kappa shape index (κ2) is 8.79. The van der Waals surface area contributed by atoms with E-state index in [0.717, 1.165) is 5.56 Å². The molecule has 30 heavy (non-hydrogen) atoms. The zero-order valence-corrected chi connectivity index (χ0v) is 17.7.